The summed E-state index contributed by atoms with van der Waals surface area (Å²) in [5, 5.41) is 2.98. The lowest BCUT2D eigenvalue weighted by molar-refractivity contribution is -0.128. The van der Waals surface area contributed by atoms with Crippen molar-refractivity contribution >= 4 is 11.7 Å². The maximum Gasteiger partial charge on any atom is 0.230 e. The molecule has 0 aliphatic carbocycles. The van der Waals surface area contributed by atoms with Gasteiger partial charge >= 0.3 is 0 Å². The average molecular weight is 209 g/mol. The molecule has 1 aliphatic rings. The molecule has 1 heterocycles. The summed E-state index contributed by atoms with van der Waals surface area (Å²) in [6.45, 7) is 8.90. The molecule has 4 heteroatoms. The number of hydrogen-bond donors (Lipinski definition) is 1. The fourth-order valence-electron chi connectivity index (χ4n) is 1.67. The van der Waals surface area contributed by atoms with E-state index in [2.05, 4.69) is 23.8 Å². The molecule has 1 aliphatic heterocycles. The molecule has 0 bridgehead atoms. The standard InChI is InChI=1S/C11H19N3O/c1-4-10-8-11(15)14(9(3)13-10)7-6-12-5-2/h5,10,12H,2,4,6-8H2,1,3H3. The number of nitrogens with zero attached hydrogens (tertiary/aromatic N) is 2. The van der Waals surface area contributed by atoms with Gasteiger partial charge in [-0.05, 0) is 19.5 Å². The zero-order chi connectivity index (χ0) is 11.3. The first-order chi connectivity index (χ1) is 7.19. The summed E-state index contributed by atoms with van der Waals surface area (Å²) in [5.41, 5.74) is 0. The summed E-state index contributed by atoms with van der Waals surface area (Å²) in [5.74, 6) is 1.02. The molecule has 1 rings (SSSR count). The lowest BCUT2D eigenvalue weighted by atomic mass is 10.1. The number of carbonyl (C=O) groups is 1. The van der Waals surface area contributed by atoms with E-state index in [1.54, 1.807) is 11.1 Å². The second-order valence-electron chi connectivity index (χ2n) is 3.65. The van der Waals surface area contributed by atoms with Crippen LogP contribution >= 0.6 is 0 Å². The highest BCUT2D eigenvalue weighted by Crippen LogP contribution is 2.13. The van der Waals surface area contributed by atoms with Gasteiger partial charge in [-0.2, -0.15) is 0 Å². The van der Waals surface area contributed by atoms with Crippen molar-refractivity contribution < 1.29 is 4.79 Å². The smallest absolute Gasteiger partial charge is 0.230 e. The fourth-order valence-corrected chi connectivity index (χ4v) is 1.67. The summed E-state index contributed by atoms with van der Waals surface area (Å²) < 4.78 is 0. The van der Waals surface area contributed by atoms with Crippen LogP contribution in [0.5, 0.6) is 0 Å². The highest BCUT2D eigenvalue weighted by Gasteiger charge is 2.24. The summed E-state index contributed by atoms with van der Waals surface area (Å²) >= 11 is 0. The number of aliphatic imine (C=N–C) groups is 1. The lowest BCUT2D eigenvalue weighted by Crippen LogP contribution is -2.44. The summed E-state index contributed by atoms with van der Waals surface area (Å²) in [7, 11) is 0. The first kappa shape index (κ1) is 11.8. The zero-order valence-corrected chi connectivity index (χ0v) is 9.49. The van der Waals surface area contributed by atoms with E-state index in [1.807, 2.05) is 6.92 Å². The Labute approximate surface area is 91.1 Å². The van der Waals surface area contributed by atoms with Gasteiger partial charge in [-0.1, -0.05) is 13.5 Å². The maximum absolute atomic E-state index is 11.8. The van der Waals surface area contributed by atoms with E-state index in [4.69, 9.17) is 0 Å². The van der Waals surface area contributed by atoms with Gasteiger partial charge in [-0.3, -0.25) is 14.7 Å². The molecule has 84 valence electrons. The van der Waals surface area contributed by atoms with E-state index in [9.17, 15) is 4.79 Å². The maximum atomic E-state index is 11.8. The predicted molar refractivity (Wildman–Crippen MR) is 61.7 cm³/mol. The lowest BCUT2D eigenvalue weighted by Gasteiger charge is -2.29. The molecule has 0 saturated heterocycles. The fraction of sp³-hybridized carbons (Fsp3) is 0.636. The highest BCUT2D eigenvalue weighted by atomic mass is 16.2. The second kappa shape index (κ2) is 5.53. The third kappa shape index (κ3) is 3.08. The van der Waals surface area contributed by atoms with Crippen molar-refractivity contribution in [2.45, 2.75) is 32.7 Å². The summed E-state index contributed by atoms with van der Waals surface area (Å²) in [4.78, 5) is 18.0. The van der Waals surface area contributed by atoms with Gasteiger partial charge in [0.2, 0.25) is 5.91 Å². The van der Waals surface area contributed by atoms with E-state index in [-0.39, 0.29) is 11.9 Å². The molecule has 1 amide bonds. The van der Waals surface area contributed by atoms with Crippen LogP contribution in [-0.2, 0) is 4.79 Å². The van der Waals surface area contributed by atoms with E-state index in [1.165, 1.54) is 0 Å². The Morgan fingerprint density at radius 2 is 2.47 bits per heavy atom. The van der Waals surface area contributed by atoms with E-state index < -0.39 is 0 Å². The minimum Gasteiger partial charge on any atom is -0.390 e. The molecule has 0 radical (unpaired) electrons. The Morgan fingerprint density at radius 1 is 1.73 bits per heavy atom. The Kier molecular flexibility index (Phi) is 4.34. The molecule has 0 aromatic carbocycles. The molecule has 1 atom stereocenters. The van der Waals surface area contributed by atoms with Crippen LogP contribution in [0.3, 0.4) is 0 Å². The quantitative estimate of drug-likeness (QED) is 0.690. The van der Waals surface area contributed by atoms with E-state index >= 15 is 0 Å². The molecule has 15 heavy (non-hydrogen) atoms. The minimum atomic E-state index is 0.181. The van der Waals surface area contributed by atoms with Crippen LogP contribution in [0.15, 0.2) is 17.8 Å². The molecule has 0 saturated carbocycles. The topological polar surface area (TPSA) is 44.7 Å². The Morgan fingerprint density at radius 3 is 3.00 bits per heavy atom. The normalized spacial score (nSPS) is 21.2. The van der Waals surface area contributed by atoms with Gasteiger partial charge in [0.1, 0.15) is 5.84 Å². The van der Waals surface area contributed by atoms with Crippen molar-refractivity contribution in [1.82, 2.24) is 10.2 Å². The predicted octanol–water partition coefficient (Wildman–Crippen LogP) is 1.15. The molecule has 4 nitrogen and oxygen atoms in total. The molecular weight excluding hydrogens is 190 g/mol. The van der Waals surface area contributed by atoms with Crippen molar-refractivity contribution in [3.05, 3.63) is 12.8 Å². The number of hydrogen-bond acceptors (Lipinski definition) is 3. The van der Waals surface area contributed by atoms with Gasteiger partial charge in [0, 0.05) is 19.5 Å². The van der Waals surface area contributed by atoms with Gasteiger partial charge in [-0.15, -0.1) is 0 Å². The van der Waals surface area contributed by atoms with Gasteiger partial charge in [0.15, 0.2) is 0 Å². The Bertz CT molecular complexity index is 273. The van der Waals surface area contributed by atoms with Crippen LogP contribution in [0.4, 0.5) is 0 Å². The van der Waals surface area contributed by atoms with E-state index in [0.717, 1.165) is 18.8 Å². The van der Waals surface area contributed by atoms with Crippen LogP contribution in [0, 0.1) is 0 Å². The Balaban J connectivity index is 2.56. The monoisotopic (exact) mass is 209 g/mol. The van der Waals surface area contributed by atoms with E-state index in [0.29, 0.717) is 13.0 Å². The molecular formula is C11H19N3O. The largest absolute Gasteiger partial charge is 0.390 e. The van der Waals surface area contributed by atoms with Crippen molar-refractivity contribution in [3.8, 4) is 0 Å². The number of amides is 1. The van der Waals surface area contributed by atoms with Crippen molar-refractivity contribution in [3.63, 3.8) is 0 Å². The number of nitrogens with one attached hydrogen (secondary N) is 1. The molecule has 0 spiro atoms. The van der Waals surface area contributed by atoms with Crippen LogP contribution < -0.4 is 5.32 Å². The molecule has 0 aromatic heterocycles. The SMILES string of the molecule is C=CNCCN1C(=O)CC(CC)N=C1C. The summed E-state index contributed by atoms with van der Waals surface area (Å²) in [6, 6.07) is 0.182. The van der Waals surface area contributed by atoms with Crippen LogP contribution in [0.25, 0.3) is 0 Å². The molecule has 0 fully saturated rings. The van der Waals surface area contributed by atoms with Gasteiger partial charge in [0.05, 0.1) is 6.04 Å². The van der Waals surface area contributed by atoms with Crippen molar-refractivity contribution in [2.75, 3.05) is 13.1 Å². The molecule has 1 unspecified atom stereocenters. The van der Waals surface area contributed by atoms with Crippen molar-refractivity contribution in [2.24, 2.45) is 4.99 Å². The van der Waals surface area contributed by atoms with Gasteiger partial charge < -0.3 is 5.32 Å². The second-order valence-corrected chi connectivity index (χ2v) is 3.65. The van der Waals surface area contributed by atoms with Crippen LogP contribution in [0.1, 0.15) is 26.7 Å². The first-order valence-electron chi connectivity index (χ1n) is 5.38. The zero-order valence-electron chi connectivity index (χ0n) is 9.49. The average Bonchev–Trinajstić information content (AvgIpc) is 2.22. The van der Waals surface area contributed by atoms with Gasteiger partial charge in [-0.25, -0.2) is 0 Å². The number of amidine groups is 1. The molecule has 1 N–H and O–H groups in total. The third-order valence-corrected chi connectivity index (χ3v) is 2.57. The number of carbonyl (C=O) groups excluding carboxylic acids is 1. The highest BCUT2D eigenvalue weighted by molar-refractivity contribution is 5.99. The molecule has 0 aromatic rings. The van der Waals surface area contributed by atoms with Gasteiger partial charge in [0.25, 0.3) is 0 Å². The van der Waals surface area contributed by atoms with Crippen LogP contribution in [0.2, 0.25) is 0 Å². The van der Waals surface area contributed by atoms with Crippen molar-refractivity contribution in [1.29, 1.82) is 0 Å². The van der Waals surface area contributed by atoms with Crippen LogP contribution in [-0.4, -0.2) is 35.8 Å². The Hall–Kier alpha value is -1.32. The summed E-state index contributed by atoms with van der Waals surface area (Å²) in [6.07, 6.45) is 3.11. The first-order valence-corrected chi connectivity index (χ1v) is 5.38. The third-order valence-electron chi connectivity index (χ3n) is 2.57. The minimum absolute atomic E-state index is 0.181. The number of rotatable bonds is 5.